The van der Waals surface area contributed by atoms with Gasteiger partial charge in [-0.3, -0.25) is 0 Å². The standard InChI is InChI=1S/C13H17N3/c1-16-7-3-4-11(16)8-10-9-15-13-12(10)5-2-6-14-13/h2,5-6,9,11H,3-4,7-8H2,1H3,(H,14,15)/t11-/m0/s1. The van der Waals surface area contributed by atoms with Gasteiger partial charge in [-0.2, -0.15) is 0 Å². The first-order valence-electron chi connectivity index (χ1n) is 5.96. The summed E-state index contributed by atoms with van der Waals surface area (Å²) in [7, 11) is 2.23. The van der Waals surface area contributed by atoms with Crippen molar-refractivity contribution in [1.82, 2.24) is 14.9 Å². The molecule has 1 atom stereocenters. The first-order valence-corrected chi connectivity index (χ1v) is 5.96. The fourth-order valence-electron chi connectivity index (χ4n) is 2.67. The Kier molecular flexibility index (Phi) is 2.40. The quantitative estimate of drug-likeness (QED) is 0.832. The second-order valence-electron chi connectivity index (χ2n) is 4.69. The Morgan fingerprint density at radius 3 is 3.31 bits per heavy atom. The van der Waals surface area contributed by atoms with Crippen LogP contribution < -0.4 is 0 Å². The molecule has 0 aromatic carbocycles. The summed E-state index contributed by atoms with van der Waals surface area (Å²) in [6.45, 7) is 1.24. The van der Waals surface area contributed by atoms with Crippen LogP contribution >= 0.6 is 0 Å². The predicted molar refractivity (Wildman–Crippen MR) is 65.4 cm³/mol. The number of pyridine rings is 1. The molecule has 1 aliphatic heterocycles. The molecule has 0 bridgehead atoms. The molecule has 1 N–H and O–H groups in total. The lowest BCUT2D eigenvalue weighted by Gasteiger charge is -2.18. The highest BCUT2D eigenvalue weighted by Gasteiger charge is 2.21. The van der Waals surface area contributed by atoms with E-state index < -0.39 is 0 Å². The van der Waals surface area contributed by atoms with Gasteiger partial charge in [0.25, 0.3) is 0 Å². The fourth-order valence-corrected chi connectivity index (χ4v) is 2.67. The molecule has 1 saturated heterocycles. The van der Waals surface area contributed by atoms with Gasteiger partial charge in [-0.25, -0.2) is 4.98 Å². The minimum Gasteiger partial charge on any atom is -0.346 e. The molecule has 0 spiro atoms. The second kappa shape index (κ2) is 3.91. The van der Waals surface area contributed by atoms with Gasteiger partial charge in [-0.1, -0.05) is 0 Å². The number of nitrogens with one attached hydrogen (secondary N) is 1. The van der Waals surface area contributed by atoms with Crippen LogP contribution in [0.3, 0.4) is 0 Å². The molecule has 3 nitrogen and oxygen atoms in total. The third-order valence-corrected chi connectivity index (χ3v) is 3.66. The second-order valence-corrected chi connectivity index (χ2v) is 4.69. The lowest BCUT2D eigenvalue weighted by atomic mass is 10.0. The van der Waals surface area contributed by atoms with Gasteiger partial charge < -0.3 is 9.88 Å². The van der Waals surface area contributed by atoms with Gasteiger partial charge in [0.15, 0.2) is 0 Å². The van der Waals surface area contributed by atoms with Crippen LogP contribution in [0.4, 0.5) is 0 Å². The smallest absolute Gasteiger partial charge is 0.137 e. The third-order valence-electron chi connectivity index (χ3n) is 3.66. The molecule has 2 aromatic rings. The van der Waals surface area contributed by atoms with E-state index in [0.29, 0.717) is 6.04 Å². The molecular weight excluding hydrogens is 198 g/mol. The molecule has 2 aromatic heterocycles. The van der Waals surface area contributed by atoms with Gasteiger partial charge in [0.2, 0.25) is 0 Å². The lowest BCUT2D eigenvalue weighted by molar-refractivity contribution is 0.310. The average molecular weight is 215 g/mol. The summed E-state index contributed by atoms with van der Waals surface area (Å²) in [5.41, 5.74) is 2.42. The molecule has 0 aliphatic carbocycles. The molecule has 84 valence electrons. The highest BCUT2D eigenvalue weighted by Crippen LogP contribution is 2.23. The van der Waals surface area contributed by atoms with Crippen LogP contribution in [0.15, 0.2) is 24.5 Å². The van der Waals surface area contributed by atoms with Crippen LogP contribution in [0.5, 0.6) is 0 Å². The van der Waals surface area contributed by atoms with Crippen molar-refractivity contribution >= 4 is 11.0 Å². The van der Waals surface area contributed by atoms with E-state index in [4.69, 9.17) is 0 Å². The molecule has 3 heterocycles. The monoisotopic (exact) mass is 215 g/mol. The number of hydrogen-bond acceptors (Lipinski definition) is 2. The van der Waals surface area contributed by atoms with E-state index in [1.54, 1.807) is 0 Å². The predicted octanol–water partition coefficient (Wildman–Crippen LogP) is 2.20. The van der Waals surface area contributed by atoms with Gasteiger partial charge in [0.05, 0.1) is 0 Å². The van der Waals surface area contributed by atoms with E-state index in [1.165, 1.54) is 30.3 Å². The number of fused-ring (bicyclic) bond motifs is 1. The summed E-state index contributed by atoms with van der Waals surface area (Å²) in [5, 5.41) is 1.28. The Morgan fingerprint density at radius 2 is 2.50 bits per heavy atom. The average Bonchev–Trinajstić information content (AvgIpc) is 2.88. The molecule has 3 heteroatoms. The van der Waals surface area contributed by atoms with Crippen LogP contribution in [0.1, 0.15) is 18.4 Å². The molecular formula is C13H17N3. The van der Waals surface area contributed by atoms with Crippen molar-refractivity contribution in [1.29, 1.82) is 0 Å². The zero-order valence-corrected chi connectivity index (χ0v) is 9.61. The molecule has 0 amide bonds. The van der Waals surface area contributed by atoms with Crippen molar-refractivity contribution in [2.45, 2.75) is 25.3 Å². The maximum absolute atomic E-state index is 4.33. The topological polar surface area (TPSA) is 31.9 Å². The minimum atomic E-state index is 0.708. The Bertz CT molecular complexity index is 489. The highest BCUT2D eigenvalue weighted by molar-refractivity contribution is 5.79. The molecule has 0 saturated carbocycles. The molecule has 0 unspecified atom stereocenters. The van der Waals surface area contributed by atoms with Crippen molar-refractivity contribution in [2.24, 2.45) is 0 Å². The van der Waals surface area contributed by atoms with Crippen molar-refractivity contribution in [3.63, 3.8) is 0 Å². The van der Waals surface area contributed by atoms with Gasteiger partial charge in [-0.15, -0.1) is 0 Å². The first kappa shape index (κ1) is 9.85. The maximum Gasteiger partial charge on any atom is 0.137 e. The lowest BCUT2D eigenvalue weighted by Crippen LogP contribution is -2.26. The van der Waals surface area contributed by atoms with Crippen molar-refractivity contribution < 1.29 is 0 Å². The van der Waals surface area contributed by atoms with E-state index in [2.05, 4.69) is 34.2 Å². The zero-order valence-electron chi connectivity index (χ0n) is 9.61. The molecule has 0 radical (unpaired) electrons. The van der Waals surface area contributed by atoms with Crippen molar-refractivity contribution in [3.05, 3.63) is 30.1 Å². The number of H-pyrrole nitrogens is 1. The van der Waals surface area contributed by atoms with E-state index in [1.807, 2.05) is 12.3 Å². The number of nitrogens with zero attached hydrogens (tertiary/aromatic N) is 2. The van der Waals surface area contributed by atoms with Crippen LogP contribution in [-0.2, 0) is 6.42 Å². The van der Waals surface area contributed by atoms with Crippen LogP contribution in [0.2, 0.25) is 0 Å². The molecule has 1 fully saturated rings. The normalized spacial score (nSPS) is 21.9. The Morgan fingerprint density at radius 1 is 1.56 bits per heavy atom. The maximum atomic E-state index is 4.33. The Balaban J connectivity index is 1.89. The van der Waals surface area contributed by atoms with Gasteiger partial charge in [-0.05, 0) is 50.6 Å². The Labute approximate surface area is 95.5 Å². The largest absolute Gasteiger partial charge is 0.346 e. The number of likely N-dealkylation sites (N-methyl/N-ethyl adjacent to an activating group) is 1. The summed E-state index contributed by atoms with van der Waals surface area (Å²) in [6.07, 6.45) is 7.75. The van der Waals surface area contributed by atoms with Crippen LogP contribution in [-0.4, -0.2) is 34.5 Å². The molecule has 3 rings (SSSR count). The number of aromatic amines is 1. The summed E-state index contributed by atoms with van der Waals surface area (Å²) >= 11 is 0. The van der Waals surface area contributed by atoms with Crippen molar-refractivity contribution in [2.75, 3.05) is 13.6 Å². The first-order chi connectivity index (χ1) is 7.84. The summed E-state index contributed by atoms with van der Waals surface area (Å²) in [5.74, 6) is 0. The Hall–Kier alpha value is -1.35. The van der Waals surface area contributed by atoms with Crippen LogP contribution in [0.25, 0.3) is 11.0 Å². The van der Waals surface area contributed by atoms with Gasteiger partial charge in [0.1, 0.15) is 5.65 Å². The highest BCUT2D eigenvalue weighted by atomic mass is 15.1. The van der Waals surface area contributed by atoms with Crippen molar-refractivity contribution in [3.8, 4) is 0 Å². The number of hydrogen-bond donors (Lipinski definition) is 1. The van der Waals surface area contributed by atoms with Crippen LogP contribution in [0, 0.1) is 0 Å². The summed E-state index contributed by atoms with van der Waals surface area (Å²) in [6, 6.07) is 4.88. The number of likely N-dealkylation sites (tertiary alicyclic amines) is 1. The number of rotatable bonds is 2. The minimum absolute atomic E-state index is 0.708. The van der Waals surface area contributed by atoms with E-state index in [9.17, 15) is 0 Å². The SMILES string of the molecule is CN1CCC[C@H]1Cc1c[nH]c2ncccc12. The summed E-state index contributed by atoms with van der Waals surface area (Å²) < 4.78 is 0. The van der Waals surface area contributed by atoms with E-state index >= 15 is 0 Å². The summed E-state index contributed by atoms with van der Waals surface area (Å²) in [4.78, 5) is 10.0. The fraction of sp³-hybridized carbons (Fsp3) is 0.462. The van der Waals surface area contributed by atoms with E-state index in [-0.39, 0.29) is 0 Å². The number of aromatic nitrogens is 2. The van der Waals surface area contributed by atoms with Gasteiger partial charge in [0, 0.05) is 23.8 Å². The molecule has 16 heavy (non-hydrogen) atoms. The van der Waals surface area contributed by atoms with E-state index in [0.717, 1.165) is 12.1 Å². The zero-order chi connectivity index (χ0) is 11.0. The van der Waals surface area contributed by atoms with Gasteiger partial charge >= 0.3 is 0 Å². The molecule has 1 aliphatic rings. The third kappa shape index (κ3) is 1.61.